The molecule has 0 bridgehead atoms. The first kappa shape index (κ1) is 29.1. The van der Waals surface area contributed by atoms with Crippen molar-refractivity contribution in [3.05, 3.63) is 77.6 Å². The molecule has 11 nitrogen and oxygen atoms in total. The zero-order chi connectivity index (χ0) is 29.6. The first-order valence-electron chi connectivity index (χ1n) is 13.2. The van der Waals surface area contributed by atoms with E-state index in [4.69, 9.17) is 9.47 Å². The van der Waals surface area contributed by atoms with Crippen molar-refractivity contribution in [2.75, 3.05) is 0 Å². The summed E-state index contributed by atoms with van der Waals surface area (Å²) in [6, 6.07) is 17.3. The second-order valence-electron chi connectivity index (χ2n) is 10.5. The van der Waals surface area contributed by atoms with Crippen molar-refractivity contribution in [2.24, 2.45) is 0 Å². The second-order valence-corrected chi connectivity index (χ2v) is 10.5. The van der Waals surface area contributed by atoms with Gasteiger partial charge in [0.15, 0.2) is 0 Å². The first-order chi connectivity index (χ1) is 19.5. The third-order valence-electron chi connectivity index (χ3n) is 6.10. The van der Waals surface area contributed by atoms with Crippen LogP contribution in [0.25, 0.3) is 21.8 Å². The highest BCUT2D eigenvalue weighted by atomic mass is 16.6. The SMILES string of the molecule is Cc1nc(C(=O)NNC(=O)[C@H](CCC(=O)OCc2ccccc2)NC(=O)OC(C)(C)C)cc2c1[nH]c1ccccc12. The molecule has 2 heterocycles. The van der Waals surface area contributed by atoms with Gasteiger partial charge in [0.2, 0.25) is 0 Å². The van der Waals surface area contributed by atoms with Crippen LogP contribution < -0.4 is 16.2 Å². The van der Waals surface area contributed by atoms with Crippen LogP contribution in [-0.2, 0) is 25.7 Å². The van der Waals surface area contributed by atoms with Crippen molar-refractivity contribution < 1.29 is 28.7 Å². The molecule has 3 amide bonds. The smallest absolute Gasteiger partial charge is 0.408 e. The van der Waals surface area contributed by atoms with Gasteiger partial charge in [-0.2, -0.15) is 0 Å². The van der Waals surface area contributed by atoms with Gasteiger partial charge >= 0.3 is 12.1 Å². The molecule has 0 saturated heterocycles. The Hall–Kier alpha value is -4.93. The highest BCUT2D eigenvalue weighted by Crippen LogP contribution is 2.27. The van der Waals surface area contributed by atoms with E-state index in [1.54, 1.807) is 33.8 Å². The van der Waals surface area contributed by atoms with Gasteiger partial charge in [0.25, 0.3) is 11.8 Å². The molecule has 0 fully saturated rings. The molecule has 0 aliphatic rings. The van der Waals surface area contributed by atoms with Gasteiger partial charge in [-0.05, 0) is 51.8 Å². The molecule has 0 radical (unpaired) electrons. The van der Waals surface area contributed by atoms with Crippen molar-refractivity contribution >= 4 is 45.7 Å². The largest absolute Gasteiger partial charge is 0.461 e. The van der Waals surface area contributed by atoms with Crippen LogP contribution in [0.1, 0.15) is 55.4 Å². The van der Waals surface area contributed by atoms with E-state index in [0.717, 1.165) is 27.4 Å². The number of para-hydroxylation sites is 1. The molecule has 0 aliphatic heterocycles. The fourth-order valence-electron chi connectivity index (χ4n) is 4.18. The molecule has 0 aliphatic carbocycles. The van der Waals surface area contributed by atoms with Crippen LogP contribution in [0.4, 0.5) is 4.79 Å². The average molecular weight is 560 g/mol. The van der Waals surface area contributed by atoms with Crippen molar-refractivity contribution in [3.63, 3.8) is 0 Å². The number of carbonyl (C=O) groups is 4. The normalized spacial score (nSPS) is 12.0. The molecule has 2 aromatic carbocycles. The minimum absolute atomic E-state index is 0.0826. The predicted octanol–water partition coefficient (Wildman–Crippen LogP) is 4.20. The van der Waals surface area contributed by atoms with E-state index in [0.29, 0.717) is 5.69 Å². The number of ether oxygens (including phenoxy) is 2. The predicted molar refractivity (Wildman–Crippen MR) is 153 cm³/mol. The maximum absolute atomic E-state index is 13.0. The Bertz CT molecular complexity index is 1580. The average Bonchev–Trinajstić information content (AvgIpc) is 3.31. The molecule has 11 heteroatoms. The Balaban J connectivity index is 1.40. The number of alkyl carbamates (subject to hydrolysis) is 1. The number of aryl methyl sites for hydroxylation is 1. The fraction of sp³-hybridized carbons (Fsp3) is 0.300. The van der Waals surface area contributed by atoms with Gasteiger partial charge in [0.1, 0.15) is 23.9 Å². The lowest BCUT2D eigenvalue weighted by Crippen LogP contribution is -2.53. The third-order valence-corrected chi connectivity index (χ3v) is 6.10. The number of carbonyl (C=O) groups excluding carboxylic acids is 4. The zero-order valence-electron chi connectivity index (χ0n) is 23.4. The van der Waals surface area contributed by atoms with Crippen LogP contribution in [0.15, 0.2) is 60.7 Å². The van der Waals surface area contributed by atoms with E-state index in [2.05, 4.69) is 26.1 Å². The molecule has 4 aromatic rings. The van der Waals surface area contributed by atoms with E-state index >= 15 is 0 Å². The number of aromatic amines is 1. The molecule has 214 valence electrons. The number of pyridine rings is 1. The lowest BCUT2D eigenvalue weighted by Gasteiger charge is -2.23. The lowest BCUT2D eigenvalue weighted by molar-refractivity contribution is -0.145. The maximum Gasteiger partial charge on any atom is 0.408 e. The summed E-state index contributed by atoms with van der Waals surface area (Å²) in [4.78, 5) is 58.4. The molecule has 4 N–H and O–H groups in total. The van der Waals surface area contributed by atoms with Crippen molar-refractivity contribution in [3.8, 4) is 0 Å². The topological polar surface area (TPSA) is 152 Å². The van der Waals surface area contributed by atoms with Crippen LogP contribution >= 0.6 is 0 Å². The summed E-state index contributed by atoms with van der Waals surface area (Å²) in [7, 11) is 0. The minimum Gasteiger partial charge on any atom is -0.461 e. The number of hydrazine groups is 1. The first-order valence-corrected chi connectivity index (χ1v) is 13.2. The monoisotopic (exact) mass is 559 g/mol. The fourth-order valence-corrected chi connectivity index (χ4v) is 4.18. The highest BCUT2D eigenvalue weighted by molar-refractivity contribution is 6.10. The van der Waals surface area contributed by atoms with E-state index in [-0.39, 0.29) is 25.1 Å². The number of nitrogens with zero attached hydrogens (tertiary/aromatic N) is 1. The Kier molecular flexibility index (Phi) is 8.86. The molecule has 4 rings (SSSR count). The van der Waals surface area contributed by atoms with Gasteiger partial charge in [-0.1, -0.05) is 48.5 Å². The number of H-pyrrole nitrogens is 1. The minimum atomic E-state index is -1.19. The number of esters is 1. The van der Waals surface area contributed by atoms with E-state index in [9.17, 15) is 19.2 Å². The Morgan fingerprint density at radius 2 is 1.66 bits per heavy atom. The van der Waals surface area contributed by atoms with Gasteiger partial charge in [-0.25, -0.2) is 9.78 Å². The van der Waals surface area contributed by atoms with Crippen LogP contribution in [0.5, 0.6) is 0 Å². The van der Waals surface area contributed by atoms with Gasteiger partial charge in [-0.15, -0.1) is 0 Å². The van der Waals surface area contributed by atoms with Crippen LogP contribution in [0.2, 0.25) is 0 Å². The Morgan fingerprint density at radius 3 is 2.39 bits per heavy atom. The van der Waals surface area contributed by atoms with Crippen LogP contribution in [0, 0.1) is 6.92 Å². The summed E-state index contributed by atoms with van der Waals surface area (Å²) in [5.41, 5.74) is 7.12. The standard InChI is InChI=1S/C30H33N5O6/c1-18-26-21(20-12-8-9-13-22(20)32-26)16-24(31-18)28(38)35-34-27(37)23(33-29(39)41-30(2,3)4)14-15-25(36)40-17-19-10-6-5-7-11-19/h5-13,16,23,32H,14-15,17H2,1-4H3,(H,33,39)(H,34,37)(H,35,38)/t23-/m0/s1. The van der Waals surface area contributed by atoms with Crippen molar-refractivity contribution in [1.82, 2.24) is 26.1 Å². The summed E-state index contributed by atoms with van der Waals surface area (Å²) < 4.78 is 10.5. The summed E-state index contributed by atoms with van der Waals surface area (Å²) in [5, 5.41) is 4.22. The van der Waals surface area contributed by atoms with Crippen molar-refractivity contribution in [1.29, 1.82) is 0 Å². The number of hydrogen-bond acceptors (Lipinski definition) is 7. The molecule has 41 heavy (non-hydrogen) atoms. The van der Waals surface area contributed by atoms with Gasteiger partial charge in [0.05, 0.1) is 11.2 Å². The van der Waals surface area contributed by atoms with Gasteiger partial charge in [0, 0.05) is 22.7 Å². The van der Waals surface area contributed by atoms with E-state index in [1.165, 1.54) is 0 Å². The molecule has 1 atom stereocenters. The molecule has 0 spiro atoms. The van der Waals surface area contributed by atoms with Crippen LogP contribution in [-0.4, -0.2) is 45.5 Å². The summed E-state index contributed by atoms with van der Waals surface area (Å²) in [6.45, 7) is 6.91. The third kappa shape index (κ3) is 7.81. The summed E-state index contributed by atoms with van der Waals surface area (Å²) >= 11 is 0. The highest BCUT2D eigenvalue weighted by Gasteiger charge is 2.26. The van der Waals surface area contributed by atoms with Crippen LogP contribution in [0.3, 0.4) is 0 Å². The molecule has 2 aromatic heterocycles. The second kappa shape index (κ2) is 12.5. The summed E-state index contributed by atoms with van der Waals surface area (Å²) in [6.07, 6.45) is -1.09. The number of fused-ring (bicyclic) bond motifs is 3. The molecule has 0 saturated carbocycles. The Labute approximate surface area is 237 Å². The molecular weight excluding hydrogens is 526 g/mol. The van der Waals surface area contributed by atoms with E-state index < -0.39 is 35.5 Å². The quantitative estimate of drug-likeness (QED) is 0.187. The Morgan fingerprint density at radius 1 is 0.951 bits per heavy atom. The molecular formula is C30H33N5O6. The number of aromatic nitrogens is 2. The van der Waals surface area contributed by atoms with E-state index in [1.807, 2.05) is 54.6 Å². The number of rotatable bonds is 8. The number of nitrogens with one attached hydrogen (secondary N) is 4. The van der Waals surface area contributed by atoms with Gasteiger partial charge < -0.3 is 19.8 Å². The number of benzene rings is 2. The summed E-state index contributed by atoms with van der Waals surface area (Å²) in [5.74, 6) is -1.94. The lowest BCUT2D eigenvalue weighted by atomic mass is 10.1. The van der Waals surface area contributed by atoms with Crippen molar-refractivity contribution in [2.45, 2.75) is 58.8 Å². The maximum atomic E-state index is 13.0. The zero-order valence-corrected chi connectivity index (χ0v) is 23.4. The number of hydrogen-bond donors (Lipinski definition) is 4. The number of amides is 3. The van der Waals surface area contributed by atoms with Gasteiger partial charge in [-0.3, -0.25) is 25.2 Å². The molecule has 0 unspecified atom stereocenters.